The maximum atomic E-state index is 2.56. The van der Waals surface area contributed by atoms with E-state index >= 15 is 0 Å². The molecule has 3 unspecified atom stereocenters. The van der Waals surface area contributed by atoms with Crippen LogP contribution in [0, 0.1) is 34.5 Å². The summed E-state index contributed by atoms with van der Waals surface area (Å²) in [4.78, 5) is 0. The molecule has 4 rings (SSSR count). The van der Waals surface area contributed by atoms with Crippen molar-refractivity contribution in [1.82, 2.24) is 0 Å². The maximum Gasteiger partial charge on any atom is -0.0215 e. The second-order valence-electron chi connectivity index (χ2n) is 7.80. The van der Waals surface area contributed by atoms with E-state index in [1.807, 2.05) is 0 Å². The van der Waals surface area contributed by atoms with Crippen LogP contribution in [-0.2, 0) is 0 Å². The molecule has 0 heteroatoms. The van der Waals surface area contributed by atoms with Gasteiger partial charge in [0.2, 0.25) is 0 Å². The Morgan fingerprint density at radius 2 is 1.47 bits per heavy atom. The predicted octanol–water partition coefficient (Wildman–Crippen LogP) is 4.49. The smallest absolute Gasteiger partial charge is 0.0215 e. The third-order valence-electron chi connectivity index (χ3n) is 6.32. The molecule has 0 aromatic rings. The van der Waals surface area contributed by atoms with Crippen molar-refractivity contribution in [2.45, 2.75) is 59.8 Å². The summed E-state index contributed by atoms with van der Waals surface area (Å²) in [5, 5.41) is 0. The molecule has 4 fully saturated rings. The van der Waals surface area contributed by atoms with Gasteiger partial charge in [-0.25, -0.2) is 0 Å². The maximum absolute atomic E-state index is 2.56. The normalized spacial score (nSPS) is 53.6. The van der Waals surface area contributed by atoms with Gasteiger partial charge in [0.1, 0.15) is 0 Å². The van der Waals surface area contributed by atoms with Crippen molar-refractivity contribution in [3.63, 3.8) is 0 Å². The fourth-order valence-corrected chi connectivity index (χ4v) is 5.59. The van der Waals surface area contributed by atoms with E-state index in [1.165, 1.54) is 0 Å². The Kier molecular flexibility index (Phi) is 1.91. The molecule has 0 amide bonds. The molecule has 0 aromatic carbocycles. The van der Waals surface area contributed by atoms with E-state index in [9.17, 15) is 0 Å². The second kappa shape index (κ2) is 2.81. The highest BCUT2D eigenvalue weighted by Gasteiger charge is 2.59. The van der Waals surface area contributed by atoms with Gasteiger partial charge in [-0.05, 0) is 66.6 Å². The Morgan fingerprint density at radius 3 is 1.93 bits per heavy atom. The van der Waals surface area contributed by atoms with Crippen LogP contribution in [0.4, 0.5) is 0 Å². The molecule has 0 aromatic heterocycles. The number of hydrogen-bond donors (Lipinski definition) is 0. The Morgan fingerprint density at radius 1 is 0.933 bits per heavy atom. The molecule has 0 heterocycles. The van der Waals surface area contributed by atoms with Gasteiger partial charge >= 0.3 is 0 Å². The summed E-state index contributed by atoms with van der Waals surface area (Å²) in [6, 6.07) is 0. The summed E-state index contributed by atoms with van der Waals surface area (Å²) in [7, 11) is 0. The van der Waals surface area contributed by atoms with Crippen molar-refractivity contribution in [3.05, 3.63) is 0 Å². The van der Waals surface area contributed by atoms with Gasteiger partial charge < -0.3 is 0 Å². The van der Waals surface area contributed by atoms with Gasteiger partial charge in [-0.15, -0.1) is 0 Å². The van der Waals surface area contributed by atoms with E-state index in [2.05, 4.69) is 27.7 Å². The first-order valence-corrected chi connectivity index (χ1v) is 6.92. The topological polar surface area (TPSA) is 0 Å². The van der Waals surface area contributed by atoms with Crippen LogP contribution >= 0.6 is 0 Å². The van der Waals surface area contributed by atoms with E-state index in [4.69, 9.17) is 0 Å². The third-order valence-corrected chi connectivity index (χ3v) is 6.32. The molecule has 0 nitrogen and oxygen atoms in total. The quantitative estimate of drug-likeness (QED) is 0.547. The zero-order valence-electron chi connectivity index (χ0n) is 10.8. The molecule has 86 valence electrons. The zero-order valence-corrected chi connectivity index (χ0v) is 10.8. The lowest BCUT2D eigenvalue weighted by molar-refractivity contribution is -0.157. The van der Waals surface area contributed by atoms with Crippen LogP contribution in [0.25, 0.3) is 0 Å². The minimum absolute atomic E-state index is 0.530. The van der Waals surface area contributed by atoms with Crippen LogP contribution < -0.4 is 0 Å². The molecule has 0 aliphatic heterocycles. The highest BCUT2D eigenvalue weighted by molar-refractivity contribution is 5.08. The van der Waals surface area contributed by atoms with Gasteiger partial charge in [-0.2, -0.15) is 0 Å². The van der Waals surface area contributed by atoms with Gasteiger partial charge in [-0.1, -0.05) is 27.7 Å². The number of rotatable bonds is 0. The van der Waals surface area contributed by atoms with Crippen LogP contribution in [-0.4, -0.2) is 0 Å². The molecule has 0 N–H and O–H groups in total. The van der Waals surface area contributed by atoms with Crippen LogP contribution in [0.15, 0.2) is 0 Å². The van der Waals surface area contributed by atoms with E-state index < -0.39 is 0 Å². The van der Waals surface area contributed by atoms with Crippen molar-refractivity contribution >= 4 is 0 Å². The average molecular weight is 206 g/mol. The molecule has 0 radical (unpaired) electrons. The molecule has 0 saturated heterocycles. The summed E-state index contributed by atoms with van der Waals surface area (Å²) in [5.74, 6) is 4.26. The minimum Gasteiger partial charge on any atom is -0.0617 e. The molecule has 0 spiro atoms. The minimum atomic E-state index is 0.530. The highest BCUT2D eigenvalue weighted by Crippen LogP contribution is 2.68. The summed E-state index contributed by atoms with van der Waals surface area (Å²) >= 11 is 0. The second-order valence-corrected chi connectivity index (χ2v) is 7.80. The van der Waals surface area contributed by atoms with E-state index in [1.54, 1.807) is 32.1 Å². The molecule has 15 heavy (non-hydrogen) atoms. The van der Waals surface area contributed by atoms with Gasteiger partial charge in [0.05, 0.1) is 0 Å². The van der Waals surface area contributed by atoms with Crippen LogP contribution in [0.1, 0.15) is 59.8 Å². The van der Waals surface area contributed by atoms with Crippen molar-refractivity contribution in [2.24, 2.45) is 34.5 Å². The van der Waals surface area contributed by atoms with Crippen LogP contribution in [0.2, 0.25) is 0 Å². The molecule has 4 aliphatic carbocycles. The van der Waals surface area contributed by atoms with Gasteiger partial charge in [0, 0.05) is 0 Å². The van der Waals surface area contributed by atoms with Gasteiger partial charge in [0.15, 0.2) is 0 Å². The van der Waals surface area contributed by atoms with Crippen molar-refractivity contribution in [3.8, 4) is 0 Å². The fourth-order valence-electron chi connectivity index (χ4n) is 5.59. The van der Waals surface area contributed by atoms with Gasteiger partial charge in [-0.3, -0.25) is 0 Å². The third kappa shape index (κ3) is 1.20. The lowest BCUT2D eigenvalue weighted by Gasteiger charge is -2.65. The monoisotopic (exact) mass is 206 g/mol. The SMILES string of the molecule is CC1C2C[C@@H]3C[C@H](C2)CC1(C(C)(C)C)C3. The first-order valence-electron chi connectivity index (χ1n) is 6.92. The van der Waals surface area contributed by atoms with Crippen LogP contribution in [0.5, 0.6) is 0 Å². The molecule has 4 aliphatic rings. The Labute approximate surface area is 94.8 Å². The Hall–Kier alpha value is 0. The molecule has 4 saturated carbocycles. The van der Waals surface area contributed by atoms with Crippen LogP contribution in [0.3, 0.4) is 0 Å². The Bertz CT molecular complexity index is 256. The summed E-state index contributed by atoms with van der Waals surface area (Å²) in [6.45, 7) is 10.1. The van der Waals surface area contributed by atoms with Crippen molar-refractivity contribution in [2.75, 3.05) is 0 Å². The zero-order chi connectivity index (χ0) is 10.8. The molecular weight excluding hydrogens is 180 g/mol. The van der Waals surface area contributed by atoms with E-state index in [-0.39, 0.29) is 0 Å². The van der Waals surface area contributed by atoms with Crippen molar-refractivity contribution < 1.29 is 0 Å². The predicted molar refractivity (Wildman–Crippen MR) is 64.6 cm³/mol. The molecular formula is C15H26. The summed E-state index contributed by atoms with van der Waals surface area (Å²) in [6.07, 6.45) is 7.79. The first-order chi connectivity index (χ1) is 6.92. The fraction of sp³-hybridized carbons (Fsp3) is 1.00. The Balaban J connectivity index is 2.01. The first kappa shape index (κ1) is 10.2. The number of hydrogen-bond acceptors (Lipinski definition) is 0. The largest absolute Gasteiger partial charge is 0.0617 e. The lowest BCUT2D eigenvalue weighted by atomic mass is 9.40. The van der Waals surface area contributed by atoms with Gasteiger partial charge in [0.25, 0.3) is 0 Å². The lowest BCUT2D eigenvalue weighted by Crippen LogP contribution is -2.57. The van der Waals surface area contributed by atoms with E-state index in [0.717, 1.165) is 23.7 Å². The standard InChI is InChI=1S/C15H26/c1-10-13-6-11-5-12(7-13)9-15(10,8-11)14(2,3)4/h10-13H,5-9H2,1-4H3/t10?,11-,12+,13?,15?. The van der Waals surface area contributed by atoms with Crippen molar-refractivity contribution in [1.29, 1.82) is 0 Å². The van der Waals surface area contributed by atoms with E-state index in [0.29, 0.717) is 10.8 Å². The average Bonchev–Trinajstić information content (AvgIpc) is 2.10. The highest BCUT2D eigenvalue weighted by atomic mass is 14.6. The molecule has 4 bridgehead atoms. The summed E-state index contributed by atoms with van der Waals surface area (Å²) < 4.78 is 0. The summed E-state index contributed by atoms with van der Waals surface area (Å²) in [5.41, 5.74) is 1.23. The molecule has 5 atom stereocenters.